The van der Waals surface area contributed by atoms with Gasteiger partial charge in [0.05, 0.1) is 12.1 Å². The monoisotopic (exact) mass is 462 g/mol. The van der Waals surface area contributed by atoms with Crippen molar-refractivity contribution in [1.29, 1.82) is 0 Å². The second-order valence-electron chi connectivity index (χ2n) is 8.40. The number of anilines is 1. The molecule has 34 heavy (non-hydrogen) atoms. The second-order valence-corrected chi connectivity index (χ2v) is 8.40. The van der Waals surface area contributed by atoms with E-state index in [2.05, 4.69) is 10.3 Å². The number of rotatable bonds is 6. The maximum Gasteiger partial charge on any atom is 0.420 e. The lowest BCUT2D eigenvalue weighted by Crippen LogP contribution is -2.39. The number of H-pyrrole nitrogens is 1. The van der Waals surface area contributed by atoms with E-state index in [1.807, 2.05) is 25.1 Å². The molecule has 2 amide bonds. The van der Waals surface area contributed by atoms with E-state index in [0.29, 0.717) is 42.2 Å². The van der Waals surface area contributed by atoms with E-state index in [4.69, 9.17) is 9.15 Å². The van der Waals surface area contributed by atoms with Gasteiger partial charge in [-0.3, -0.25) is 14.2 Å². The Balaban J connectivity index is 1.37. The van der Waals surface area contributed by atoms with Gasteiger partial charge in [-0.2, -0.15) is 0 Å². The number of piperidine rings is 1. The average Bonchev–Trinajstić information content (AvgIpc) is 3.40. The predicted octanol–water partition coefficient (Wildman–Crippen LogP) is 3.74. The largest absolute Gasteiger partial charge is 0.494 e. The van der Waals surface area contributed by atoms with Crippen molar-refractivity contribution in [3.8, 4) is 5.75 Å². The minimum absolute atomic E-state index is 0.0899. The summed E-state index contributed by atoms with van der Waals surface area (Å²) < 4.78 is 12.1. The number of aromatic nitrogens is 2. The van der Waals surface area contributed by atoms with Crippen LogP contribution in [0.15, 0.2) is 51.7 Å². The second kappa shape index (κ2) is 9.09. The van der Waals surface area contributed by atoms with E-state index >= 15 is 0 Å². The number of nitrogens with zero attached hydrogens (tertiary/aromatic N) is 2. The summed E-state index contributed by atoms with van der Waals surface area (Å²) in [5.74, 6) is -0.297. The van der Waals surface area contributed by atoms with Gasteiger partial charge in [0.2, 0.25) is 5.91 Å². The summed E-state index contributed by atoms with van der Waals surface area (Å²) in [5, 5.41) is 3.74. The van der Waals surface area contributed by atoms with Crippen LogP contribution in [0.4, 0.5) is 5.69 Å². The number of benzene rings is 2. The number of ether oxygens (including phenoxy) is 1. The van der Waals surface area contributed by atoms with E-state index in [0.717, 1.165) is 35.9 Å². The van der Waals surface area contributed by atoms with Crippen molar-refractivity contribution >= 4 is 39.5 Å². The van der Waals surface area contributed by atoms with Gasteiger partial charge in [-0.25, -0.2) is 4.79 Å². The molecule has 2 aromatic carbocycles. The molecular weight excluding hydrogens is 436 g/mol. The summed E-state index contributed by atoms with van der Waals surface area (Å²) in [6.45, 7) is 3.80. The molecule has 9 nitrogen and oxygen atoms in total. The van der Waals surface area contributed by atoms with Gasteiger partial charge < -0.3 is 24.4 Å². The lowest BCUT2D eigenvalue weighted by atomic mass is 10.1. The number of nitrogens with one attached hydrogen (secondary N) is 2. The molecule has 0 saturated carbocycles. The molecule has 0 spiro atoms. The van der Waals surface area contributed by atoms with Crippen molar-refractivity contribution in [1.82, 2.24) is 14.5 Å². The van der Waals surface area contributed by atoms with E-state index in [9.17, 15) is 14.4 Å². The highest BCUT2D eigenvalue weighted by Gasteiger charge is 2.20. The Morgan fingerprint density at radius 3 is 2.71 bits per heavy atom. The molecule has 4 aromatic rings. The molecule has 1 saturated heterocycles. The quantitative estimate of drug-likeness (QED) is 0.454. The van der Waals surface area contributed by atoms with Crippen LogP contribution in [0.25, 0.3) is 22.0 Å². The van der Waals surface area contributed by atoms with Gasteiger partial charge in [0.1, 0.15) is 18.0 Å². The first kappa shape index (κ1) is 21.8. The van der Waals surface area contributed by atoms with E-state index in [1.54, 1.807) is 29.2 Å². The molecule has 2 aromatic heterocycles. The topological polar surface area (TPSA) is 110 Å². The minimum Gasteiger partial charge on any atom is -0.494 e. The molecule has 5 rings (SSSR count). The number of carbonyl (C=O) groups excluding carboxylic acids is 2. The molecule has 1 fully saturated rings. The van der Waals surface area contributed by atoms with Gasteiger partial charge in [0.25, 0.3) is 5.91 Å². The standard InChI is InChI=1S/C25H26N4O5/c1-2-33-18-8-6-16-12-20(27-19(16)14-18)24(31)26-17-7-9-22-21(13-17)29(25(32)34-22)15-23(30)28-10-4-3-5-11-28/h6-9,12-14,27H,2-5,10-11,15H2,1H3,(H,26,31). The summed E-state index contributed by atoms with van der Waals surface area (Å²) in [5.41, 5.74) is 2.51. The zero-order valence-corrected chi connectivity index (χ0v) is 18.9. The number of likely N-dealkylation sites (tertiary alicyclic amines) is 1. The fourth-order valence-electron chi connectivity index (χ4n) is 4.35. The number of oxazole rings is 1. The highest BCUT2D eigenvalue weighted by Crippen LogP contribution is 2.23. The van der Waals surface area contributed by atoms with Crippen LogP contribution in [0.1, 0.15) is 36.7 Å². The van der Waals surface area contributed by atoms with Crippen LogP contribution in [0.3, 0.4) is 0 Å². The lowest BCUT2D eigenvalue weighted by Gasteiger charge is -2.26. The zero-order chi connectivity index (χ0) is 23.7. The fourth-order valence-corrected chi connectivity index (χ4v) is 4.35. The Morgan fingerprint density at radius 1 is 1.09 bits per heavy atom. The van der Waals surface area contributed by atoms with Crippen molar-refractivity contribution in [2.24, 2.45) is 0 Å². The molecule has 0 aliphatic carbocycles. The van der Waals surface area contributed by atoms with Crippen molar-refractivity contribution < 1.29 is 18.7 Å². The first-order chi connectivity index (χ1) is 16.5. The Morgan fingerprint density at radius 2 is 1.91 bits per heavy atom. The molecule has 3 heterocycles. The van der Waals surface area contributed by atoms with E-state index in [-0.39, 0.29) is 18.4 Å². The van der Waals surface area contributed by atoms with Crippen molar-refractivity contribution in [3.63, 3.8) is 0 Å². The first-order valence-corrected chi connectivity index (χ1v) is 11.5. The maximum absolute atomic E-state index is 12.9. The molecule has 0 bridgehead atoms. The van der Waals surface area contributed by atoms with Gasteiger partial charge in [-0.05, 0) is 62.6 Å². The Bertz CT molecular complexity index is 1420. The summed E-state index contributed by atoms with van der Waals surface area (Å²) in [6.07, 6.45) is 3.07. The summed E-state index contributed by atoms with van der Waals surface area (Å²) in [4.78, 5) is 42.9. The lowest BCUT2D eigenvalue weighted by molar-refractivity contribution is -0.132. The SMILES string of the molecule is CCOc1ccc2cc(C(=O)Nc3ccc4oc(=O)n(CC(=O)N5CCCCC5)c4c3)[nH]c2c1. The number of amides is 2. The van der Waals surface area contributed by atoms with Gasteiger partial charge >= 0.3 is 5.76 Å². The summed E-state index contributed by atoms with van der Waals surface area (Å²) in [7, 11) is 0. The Kier molecular flexibility index (Phi) is 5.83. The molecule has 0 unspecified atom stereocenters. The normalized spacial score (nSPS) is 14.0. The van der Waals surface area contributed by atoms with Crippen LogP contribution >= 0.6 is 0 Å². The predicted molar refractivity (Wildman–Crippen MR) is 128 cm³/mol. The Labute approximate surface area is 195 Å². The smallest absolute Gasteiger partial charge is 0.420 e. The molecule has 9 heteroatoms. The molecule has 2 N–H and O–H groups in total. The highest BCUT2D eigenvalue weighted by molar-refractivity contribution is 6.06. The summed E-state index contributed by atoms with van der Waals surface area (Å²) in [6, 6.07) is 12.3. The van der Waals surface area contributed by atoms with Crippen LogP contribution in [0, 0.1) is 0 Å². The third-order valence-corrected chi connectivity index (χ3v) is 6.08. The van der Waals surface area contributed by atoms with Gasteiger partial charge in [-0.1, -0.05) is 0 Å². The first-order valence-electron chi connectivity index (χ1n) is 11.5. The van der Waals surface area contributed by atoms with Crippen molar-refractivity contribution in [2.45, 2.75) is 32.7 Å². The number of aromatic amines is 1. The molecule has 0 radical (unpaired) electrons. The van der Waals surface area contributed by atoms with Crippen LogP contribution in [0.5, 0.6) is 5.75 Å². The number of fused-ring (bicyclic) bond motifs is 2. The average molecular weight is 463 g/mol. The highest BCUT2D eigenvalue weighted by atomic mass is 16.5. The maximum atomic E-state index is 12.9. The third-order valence-electron chi connectivity index (χ3n) is 6.08. The summed E-state index contributed by atoms with van der Waals surface area (Å²) >= 11 is 0. The third kappa shape index (κ3) is 4.28. The van der Waals surface area contributed by atoms with Gasteiger partial charge in [0.15, 0.2) is 5.58 Å². The molecule has 0 atom stereocenters. The minimum atomic E-state index is -0.593. The van der Waals surface area contributed by atoms with Crippen molar-refractivity contribution in [3.05, 3.63) is 58.7 Å². The number of hydrogen-bond acceptors (Lipinski definition) is 5. The molecular formula is C25H26N4O5. The molecule has 1 aliphatic rings. The van der Waals surface area contributed by atoms with Gasteiger partial charge in [0, 0.05) is 35.7 Å². The fraction of sp³-hybridized carbons (Fsp3) is 0.320. The van der Waals surface area contributed by atoms with Crippen molar-refractivity contribution in [2.75, 3.05) is 25.0 Å². The van der Waals surface area contributed by atoms with E-state index < -0.39 is 5.76 Å². The van der Waals surface area contributed by atoms with Gasteiger partial charge in [-0.15, -0.1) is 0 Å². The van der Waals surface area contributed by atoms with Crippen LogP contribution in [0.2, 0.25) is 0 Å². The van der Waals surface area contributed by atoms with Crippen LogP contribution < -0.4 is 15.8 Å². The van der Waals surface area contributed by atoms with Crippen LogP contribution in [-0.2, 0) is 11.3 Å². The Hall–Kier alpha value is -4.01. The zero-order valence-electron chi connectivity index (χ0n) is 18.9. The number of hydrogen-bond donors (Lipinski definition) is 2. The van der Waals surface area contributed by atoms with Crippen LogP contribution in [-0.4, -0.2) is 46.0 Å². The number of carbonyl (C=O) groups is 2. The molecule has 176 valence electrons. The molecule has 1 aliphatic heterocycles. The van der Waals surface area contributed by atoms with E-state index in [1.165, 1.54) is 4.57 Å².